The average molecular weight is 244 g/mol. The van der Waals surface area contributed by atoms with Crippen molar-refractivity contribution < 1.29 is 0 Å². The topological polar surface area (TPSA) is 42.2 Å². The standard InChI is InChI=1S/C14H20N4/c1-3-4-10(2)12-7-14-16-9-11-8-15-6-5-13(11)18(14)17-12/h7,9-10,15H,3-6,8H2,1-2H3. The summed E-state index contributed by atoms with van der Waals surface area (Å²) >= 11 is 0. The van der Waals surface area contributed by atoms with Gasteiger partial charge in [0.15, 0.2) is 5.65 Å². The van der Waals surface area contributed by atoms with Gasteiger partial charge in [-0.05, 0) is 6.42 Å². The van der Waals surface area contributed by atoms with Crippen LogP contribution in [-0.2, 0) is 13.0 Å². The molecule has 0 saturated carbocycles. The van der Waals surface area contributed by atoms with E-state index in [1.165, 1.54) is 29.8 Å². The molecule has 0 saturated heterocycles. The number of nitrogens with one attached hydrogen (secondary N) is 1. The Morgan fingerprint density at radius 2 is 2.39 bits per heavy atom. The van der Waals surface area contributed by atoms with Crippen molar-refractivity contribution in [3.63, 3.8) is 0 Å². The first kappa shape index (κ1) is 11.7. The molecule has 3 rings (SSSR count). The Bertz CT molecular complexity index is 558. The lowest BCUT2D eigenvalue weighted by molar-refractivity contribution is 0.599. The number of hydrogen-bond acceptors (Lipinski definition) is 3. The Morgan fingerprint density at radius 3 is 3.22 bits per heavy atom. The van der Waals surface area contributed by atoms with Crippen molar-refractivity contribution in [2.24, 2.45) is 0 Å². The minimum atomic E-state index is 0.522. The molecule has 0 bridgehead atoms. The van der Waals surface area contributed by atoms with E-state index < -0.39 is 0 Å². The van der Waals surface area contributed by atoms with E-state index in [1.807, 2.05) is 6.20 Å². The third kappa shape index (κ3) is 1.90. The molecule has 18 heavy (non-hydrogen) atoms. The molecule has 1 unspecified atom stereocenters. The van der Waals surface area contributed by atoms with Crippen molar-refractivity contribution in [1.29, 1.82) is 0 Å². The highest BCUT2D eigenvalue weighted by Gasteiger charge is 2.16. The van der Waals surface area contributed by atoms with E-state index in [4.69, 9.17) is 5.10 Å². The van der Waals surface area contributed by atoms with Crippen molar-refractivity contribution in [1.82, 2.24) is 19.9 Å². The van der Waals surface area contributed by atoms with Crippen LogP contribution in [-0.4, -0.2) is 21.1 Å². The van der Waals surface area contributed by atoms with Crippen molar-refractivity contribution >= 4 is 5.65 Å². The lowest BCUT2D eigenvalue weighted by Crippen LogP contribution is -2.26. The van der Waals surface area contributed by atoms with E-state index in [0.717, 1.165) is 25.2 Å². The third-order valence-corrected chi connectivity index (χ3v) is 3.77. The normalized spacial score (nSPS) is 16.8. The number of nitrogens with zero attached hydrogens (tertiary/aromatic N) is 3. The molecule has 4 heteroatoms. The van der Waals surface area contributed by atoms with E-state index in [1.54, 1.807) is 0 Å². The second-order valence-corrected chi connectivity index (χ2v) is 5.19. The van der Waals surface area contributed by atoms with Gasteiger partial charge in [0.05, 0.1) is 11.4 Å². The van der Waals surface area contributed by atoms with Gasteiger partial charge in [0.2, 0.25) is 0 Å². The van der Waals surface area contributed by atoms with Crippen LogP contribution in [0.4, 0.5) is 0 Å². The summed E-state index contributed by atoms with van der Waals surface area (Å²) in [5, 5.41) is 8.15. The fourth-order valence-corrected chi connectivity index (χ4v) is 2.70. The van der Waals surface area contributed by atoms with Crippen LogP contribution in [0.15, 0.2) is 12.3 Å². The lowest BCUT2D eigenvalue weighted by atomic mass is 10.0. The molecule has 1 N–H and O–H groups in total. The van der Waals surface area contributed by atoms with Crippen molar-refractivity contribution in [2.45, 2.75) is 45.6 Å². The second kappa shape index (κ2) is 4.69. The zero-order valence-electron chi connectivity index (χ0n) is 11.1. The molecular weight excluding hydrogens is 224 g/mol. The summed E-state index contributed by atoms with van der Waals surface area (Å²) in [7, 11) is 0. The lowest BCUT2D eigenvalue weighted by Gasteiger charge is -2.16. The van der Waals surface area contributed by atoms with Crippen molar-refractivity contribution in [3.05, 3.63) is 29.2 Å². The first-order valence-electron chi connectivity index (χ1n) is 6.86. The maximum atomic E-state index is 4.77. The first-order valence-corrected chi connectivity index (χ1v) is 6.86. The summed E-state index contributed by atoms with van der Waals surface area (Å²) in [5.41, 5.74) is 4.78. The van der Waals surface area contributed by atoms with Gasteiger partial charge >= 0.3 is 0 Å². The fraction of sp³-hybridized carbons (Fsp3) is 0.571. The van der Waals surface area contributed by atoms with Crippen LogP contribution in [0, 0.1) is 0 Å². The molecule has 96 valence electrons. The SMILES string of the molecule is CCCC(C)c1cc2ncc3c(n2n1)CCNC3. The highest BCUT2D eigenvalue weighted by molar-refractivity contribution is 5.43. The Labute approximate surface area is 107 Å². The van der Waals surface area contributed by atoms with Gasteiger partial charge < -0.3 is 5.32 Å². The molecule has 2 aromatic heterocycles. The molecule has 0 spiro atoms. The average Bonchev–Trinajstić information content (AvgIpc) is 2.83. The van der Waals surface area contributed by atoms with Gasteiger partial charge in [0.1, 0.15) is 0 Å². The highest BCUT2D eigenvalue weighted by Crippen LogP contribution is 2.22. The molecule has 0 aliphatic carbocycles. The summed E-state index contributed by atoms with van der Waals surface area (Å²) in [6.07, 6.45) is 5.42. The van der Waals surface area contributed by atoms with E-state index in [9.17, 15) is 0 Å². The molecule has 0 aromatic carbocycles. The molecule has 1 atom stereocenters. The van der Waals surface area contributed by atoms with E-state index in [0.29, 0.717) is 5.92 Å². The Balaban J connectivity index is 2.06. The Hall–Kier alpha value is -1.42. The van der Waals surface area contributed by atoms with E-state index in [2.05, 4.69) is 34.7 Å². The molecule has 4 nitrogen and oxygen atoms in total. The molecule has 3 heterocycles. The van der Waals surface area contributed by atoms with Gasteiger partial charge in [-0.15, -0.1) is 0 Å². The zero-order chi connectivity index (χ0) is 12.5. The predicted octanol–water partition coefficient (Wildman–Crippen LogP) is 2.28. The number of aromatic nitrogens is 3. The maximum Gasteiger partial charge on any atom is 0.155 e. The summed E-state index contributed by atoms with van der Waals surface area (Å²) in [6.45, 7) is 6.42. The molecule has 0 amide bonds. The Kier molecular flexibility index (Phi) is 3.04. The second-order valence-electron chi connectivity index (χ2n) is 5.19. The number of rotatable bonds is 3. The third-order valence-electron chi connectivity index (χ3n) is 3.77. The van der Waals surface area contributed by atoms with Gasteiger partial charge in [0, 0.05) is 43.3 Å². The fourth-order valence-electron chi connectivity index (χ4n) is 2.70. The molecule has 0 fully saturated rings. The first-order chi connectivity index (χ1) is 8.79. The van der Waals surface area contributed by atoms with Crippen LogP contribution in [0.5, 0.6) is 0 Å². The molecule has 2 aromatic rings. The van der Waals surface area contributed by atoms with Crippen LogP contribution in [0.3, 0.4) is 0 Å². The predicted molar refractivity (Wildman–Crippen MR) is 71.7 cm³/mol. The van der Waals surface area contributed by atoms with Gasteiger partial charge in [-0.25, -0.2) is 9.50 Å². The summed E-state index contributed by atoms with van der Waals surface area (Å²) in [6, 6.07) is 2.14. The van der Waals surface area contributed by atoms with Crippen LogP contribution >= 0.6 is 0 Å². The van der Waals surface area contributed by atoms with Gasteiger partial charge in [0.25, 0.3) is 0 Å². The van der Waals surface area contributed by atoms with Gasteiger partial charge in [-0.3, -0.25) is 0 Å². The number of fused-ring (bicyclic) bond motifs is 3. The highest BCUT2D eigenvalue weighted by atomic mass is 15.3. The quantitative estimate of drug-likeness (QED) is 0.900. The monoisotopic (exact) mass is 244 g/mol. The van der Waals surface area contributed by atoms with Gasteiger partial charge in [-0.2, -0.15) is 5.10 Å². The summed E-state index contributed by atoms with van der Waals surface area (Å²) in [4.78, 5) is 4.52. The largest absolute Gasteiger partial charge is 0.312 e. The van der Waals surface area contributed by atoms with Crippen LogP contribution in [0.25, 0.3) is 5.65 Å². The molecular formula is C14H20N4. The maximum absolute atomic E-state index is 4.77. The minimum Gasteiger partial charge on any atom is -0.312 e. The molecule has 1 aliphatic rings. The minimum absolute atomic E-state index is 0.522. The van der Waals surface area contributed by atoms with Crippen LogP contribution in [0.1, 0.15) is 49.6 Å². The zero-order valence-corrected chi connectivity index (χ0v) is 11.1. The van der Waals surface area contributed by atoms with E-state index >= 15 is 0 Å². The summed E-state index contributed by atoms with van der Waals surface area (Å²) in [5.74, 6) is 0.522. The Morgan fingerprint density at radius 1 is 1.50 bits per heavy atom. The van der Waals surface area contributed by atoms with Crippen molar-refractivity contribution in [3.8, 4) is 0 Å². The van der Waals surface area contributed by atoms with Crippen LogP contribution < -0.4 is 5.32 Å². The molecule has 0 radical (unpaired) electrons. The van der Waals surface area contributed by atoms with Crippen LogP contribution in [0.2, 0.25) is 0 Å². The summed E-state index contributed by atoms with van der Waals surface area (Å²) < 4.78 is 2.05. The number of hydrogen-bond donors (Lipinski definition) is 1. The molecule has 1 aliphatic heterocycles. The van der Waals surface area contributed by atoms with Gasteiger partial charge in [-0.1, -0.05) is 20.3 Å². The smallest absolute Gasteiger partial charge is 0.155 e. The van der Waals surface area contributed by atoms with Crippen molar-refractivity contribution in [2.75, 3.05) is 6.54 Å². The van der Waals surface area contributed by atoms with E-state index in [-0.39, 0.29) is 0 Å².